The number of rotatable bonds is 9. The predicted octanol–water partition coefficient (Wildman–Crippen LogP) is 3.96. The van der Waals surface area contributed by atoms with Crippen molar-refractivity contribution in [3.8, 4) is 11.5 Å². The molecule has 43 heavy (non-hydrogen) atoms. The van der Waals surface area contributed by atoms with Gasteiger partial charge >= 0.3 is 11.7 Å². The quantitative estimate of drug-likeness (QED) is 0.135. The number of halogens is 3. The number of fused-ring (bicyclic) bond motifs is 1. The number of carbonyl (C=O) groups excluding carboxylic acids is 2. The Morgan fingerprint density at radius 3 is 2.28 bits per heavy atom. The van der Waals surface area contributed by atoms with Crippen LogP contribution in [0.4, 0.5) is 13.2 Å². The normalized spacial score (nSPS) is 11.7. The Bertz CT molecular complexity index is 1930. The molecule has 5 rings (SSSR count). The van der Waals surface area contributed by atoms with E-state index < -0.39 is 40.9 Å². The molecular formula is C30H23F3N4O6. The highest BCUT2D eigenvalue weighted by Gasteiger charge is 2.21. The van der Waals surface area contributed by atoms with Gasteiger partial charge in [-0.2, -0.15) is 0 Å². The van der Waals surface area contributed by atoms with Crippen molar-refractivity contribution in [1.82, 2.24) is 19.9 Å². The number of pyridine rings is 1. The van der Waals surface area contributed by atoms with Crippen LogP contribution >= 0.6 is 0 Å². The van der Waals surface area contributed by atoms with Crippen molar-refractivity contribution in [3.63, 3.8) is 0 Å². The van der Waals surface area contributed by atoms with E-state index in [2.05, 4.69) is 15.3 Å². The van der Waals surface area contributed by atoms with Gasteiger partial charge in [-0.1, -0.05) is 12.1 Å². The maximum absolute atomic E-state index is 13.7. The Balaban J connectivity index is 1.39. The minimum absolute atomic E-state index is 0.0176. The van der Waals surface area contributed by atoms with Crippen LogP contribution in [0.25, 0.3) is 11.0 Å². The first-order chi connectivity index (χ1) is 20.6. The first-order valence-corrected chi connectivity index (χ1v) is 12.8. The van der Waals surface area contributed by atoms with E-state index in [1.165, 1.54) is 37.4 Å². The highest BCUT2D eigenvalue weighted by Crippen LogP contribution is 2.22. The number of esters is 1. The van der Waals surface area contributed by atoms with Crippen LogP contribution in [-0.4, -0.2) is 33.0 Å². The number of carbonyl (C=O) groups is 2. The van der Waals surface area contributed by atoms with Gasteiger partial charge in [-0.25, -0.2) is 18.0 Å². The molecule has 3 aromatic carbocycles. The number of H-pyrrole nitrogens is 2. The minimum Gasteiger partial charge on any atom is -0.491 e. The third-order valence-corrected chi connectivity index (χ3v) is 6.41. The smallest absolute Gasteiger partial charge is 0.323 e. The first kappa shape index (κ1) is 28.9. The summed E-state index contributed by atoms with van der Waals surface area (Å²) < 4.78 is 52.8. The van der Waals surface area contributed by atoms with Crippen molar-refractivity contribution >= 4 is 22.9 Å². The van der Waals surface area contributed by atoms with E-state index in [0.717, 1.165) is 16.7 Å². The van der Waals surface area contributed by atoms with Gasteiger partial charge in [-0.05, 0) is 59.7 Å². The van der Waals surface area contributed by atoms with Crippen LogP contribution in [0.5, 0.6) is 11.5 Å². The number of amides is 1. The molecular weight excluding hydrogens is 569 g/mol. The van der Waals surface area contributed by atoms with Gasteiger partial charge < -0.3 is 29.3 Å². The predicted molar refractivity (Wildman–Crippen MR) is 148 cm³/mol. The maximum Gasteiger partial charge on any atom is 0.323 e. The molecule has 3 N–H and O–H groups in total. The molecule has 0 aliphatic carbocycles. The molecule has 2 heterocycles. The number of imidazole rings is 1. The van der Waals surface area contributed by atoms with Gasteiger partial charge in [0, 0.05) is 19.2 Å². The van der Waals surface area contributed by atoms with Crippen LogP contribution < -0.4 is 26.0 Å². The Morgan fingerprint density at radius 1 is 0.907 bits per heavy atom. The highest BCUT2D eigenvalue weighted by atomic mass is 19.2. The molecule has 0 aliphatic heterocycles. The summed E-state index contributed by atoms with van der Waals surface area (Å²) in [6.07, 6.45) is 1.33. The zero-order valence-electron chi connectivity index (χ0n) is 22.5. The molecule has 13 heteroatoms. The Kier molecular flexibility index (Phi) is 8.14. The molecule has 0 bridgehead atoms. The van der Waals surface area contributed by atoms with Crippen LogP contribution in [0, 0.1) is 17.5 Å². The molecule has 0 aliphatic rings. The number of hydrogen-bond acceptors (Lipinski definition) is 6. The van der Waals surface area contributed by atoms with Crippen LogP contribution in [0.2, 0.25) is 0 Å². The fourth-order valence-electron chi connectivity index (χ4n) is 4.40. The van der Waals surface area contributed by atoms with Crippen LogP contribution in [0.1, 0.15) is 34.5 Å². The SMILES string of the molecule is CC(=O)Oc1ccc([C@H](COc2ccc3[nH]c(=O)[nH]c3c2)NC(=O)c2cccn(Cc3cc(F)c(F)c(F)c3)c2=O)cc1. The lowest BCUT2D eigenvalue weighted by Gasteiger charge is -2.20. The molecule has 5 aromatic rings. The van der Waals surface area contributed by atoms with E-state index >= 15 is 0 Å². The number of nitrogens with zero attached hydrogens (tertiary/aromatic N) is 1. The van der Waals surface area contributed by atoms with Crippen LogP contribution in [0.15, 0.2) is 82.5 Å². The van der Waals surface area contributed by atoms with E-state index in [9.17, 15) is 32.3 Å². The van der Waals surface area contributed by atoms with Gasteiger partial charge in [0.2, 0.25) is 0 Å². The third-order valence-electron chi connectivity index (χ3n) is 6.41. The lowest BCUT2D eigenvalue weighted by molar-refractivity contribution is -0.131. The zero-order valence-corrected chi connectivity index (χ0v) is 22.5. The zero-order chi connectivity index (χ0) is 30.7. The Hall–Kier alpha value is -5.59. The average molecular weight is 593 g/mol. The lowest BCUT2D eigenvalue weighted by Crippen LogP contribution is -2.37. The van der Waals surface area contributed by atoms with Gasteiger partial charge in [0.05, 0.1) is 23.6 Å². The largest absolute Gasteiger partial charge is 0.491 e. The molecule has 0 saturated carbocycles. The van der Waals surface area contributed by atoms with Crippen molar-refractivity contribution in [2.75, 3.05) is 6.61 Å². The van der Waals surface area contributed by atoms with E-state index in [4.69, 9.17) is 9.47 Å². The van der Waals surface area contributed by atoms with Crippen molar-refractivity contribution in [3.05, 3.63) is 128 Å². The summed E-state index contributed by atoms with van der Waals surface area (Å²) in [5, 5.41) is 2.76. The molecule has 0 unspecified atom stereocenters. The van der Waals surface area contributed by atoms with Crippen molar-refractivity contribution in [2.24, 2.45) is 0 Å². The van der Waals surface area contributed by atoms with Crippen LogP contribution in [-0.2, 0) is 11.3 Å². The van der Waals surface area contributed by atoms with Gasteiger partial charge in [-0.15, -0.1) is 0 Å². The molecule has 10 nitrogen and oxygen atoms in total. The number of hydrogen-bond donors (Lipinski definition) is 3. The maximum atomic E-state index is 13.7. The fraction of sp³-hybridized carbons (Fsp3) is 0.133. The summed E-state index contributed by atoms with van der Waals surface area (Å²) in [5.74, 6) is -5.03. The van der Waals surface area contributed by atoms with Crippen LogP contribution in [0.3, 0.4) is 0 Å². The van der Waals surface area contributed by atoms with Crippen molar-refractivity contribution in [2.45, 2.75) is 19.5 Å². The standard InChI is InChI=1S/C30H23F3N4O6/c1-16(38)43-19-6-4-18(5-7-19)26(15-42-20-8-9-24-25(13-20)36-30(41)35-24)34-28(39)21-3-2-10-37(29(21)40)14-17-11-22(31)27(33)23(32)12-17/h2-13,26H,14-15H2,1H3,(H,34,39)(H2,35,36,41)/t26-/m0/s1. The minimum atomic E-state index is -1.63. The molecule has 1 atom stereocenters. The number of nitrogens with one attached hydrogen (secondary N) is 3. The first-order valence-electron chi connectivity index (χ1n) is 12.8. The van der Waals surface area contributed by atoms with E-state index in [0.29, 0.717) is 22.3 Å². The van der Waals surface area contributed by atoms with E-state index in [1.54, 1.807) is 30.3 Å². The molecule has 0 fully saturated rings. The average Bonchev–Trinajstić information content (AvgIpc) is 3.34. The Morgan fingerprint density at radius 2 is 1.58 bits per heavy atom. The number of ether oxygens (including phenoxy) is 2. The second-order valence-electron chi connectivity index (χ2n) is 9.51. The monoisotopic (exact) mass is 592 g/mol. The van der Waals surface area contributed by atoms with Gasteiger partial charge in [0.1, 0.15) is 23.7 Å². The summed E-state index contributed by atoms with van der Waals surface area (Å²) in [5.41, 5.74) is 0.225. The summed E-state index contributed by atoms with van der Waals surface area (Å²) in [6, 6.07) is 14.6. The summed E-state index contributed by atoms with van der Waals surface area (Å²) >= 11 is 0. The van der Waals surface area contributed by atoms with Gasteiger partial charge in [0.15, 0.2) is 17.5 Å². The Labute approximate surface area is 240 Å². The molecule has 0 radical (unpaired) electrons. The summed E-state index contributed by atoms with van der Waals surface area (Å²) in [6.45, 7) is 0.838. The topological polar surface area (TPSA) is 135 Å². The van der Waals surface area contributed by atoms with Crippen molar-refractivity contribution in [1.29, 1.82) is 0 Å². The highest BCUT2D eigenvalue weighted by molar-refractivity contribution is 5.94. The summed E-state index contributed by atoms with van der Waals surface area (Å²) in [7, 11) is 0. The third kappa shape index (κ3) is 6.67. The lowest BCUT2D eigenvalue weighted by atomic mass is 10.1. The molecule has 0 saturated heterocycles. The summed E-state index contributed by atoms with van der Waals surface area (Å²) in [4.78, 5) is 54.7. The number of aromatic amines is 2. The van der Waals surface area contributed by atoms with Crippen molar-refractivity contribution < 1.29 is 32.2 Å². The molecule has 220 valence electrons. The van der Waals surface area contributed by atoms with E-state index in [1.807, 2.05) is 0 Å². The number of benzene rings is 3. The van der Waals surface area contributed by atoms with Gasteiger partial charge in [-0.3, -0.25) is 14.4 Å². The fourth-order valence-corrected chi connectivity index (χ4v) is 4.40. The second kappa shape index (κ2) is 12.1. The molecule has 2 aromatic heterocycles. The number of aromatic nitrogens is 3. The molecule has 1 amide bonds. The second-order valence-corrected chi connectivity index (χ2v) is 9.51. The molecule has 0 spiro atoms. The van der Waals surface area contributed by atoms with E-state index in [-0.39, 0.29) is 35.7 Å². The van der Waals surface area contributed by atoms with Gasteiger partial charge in [0.25, 0.3) is 11.5 Å².